The number of aliphatic carboxylic acids is 1. The van der Waals surface area contributed by atoms with Crippen molar-refractivity contribution < 1.29 is 9.90 Å². The van der Waals surface area contributed by atoms with E-state index in [0.29, 0.717) is 6.54 Å². The Hall–Kier alpha value is -0.720. The molecule has 0 aliphatic carbocycles. The molecule has 7 heteroatoms. The Morgan fingerprint density at radius 3 is 2.95 bits per heavy atom. The lowest BCUT2D eigenvalue weighted by Gasteiger charge is -2.34. The molecule has 0 radical (unpaired) electrons. The molecule has 1 aliphatic heterocycles. The maximum atomic E-state index is 11.0. The molecule has 1 aliphatic rings. The SMILES string of the molecule is CCc1nn(C)c(CN2CCSCC2CC(=O)O)c1Cl. The van der Waals surface area contributed by atoms with Crippen LogP contribution in [-0.2, 0) is 24.8 Å². The number of halogens is 1. The highest BCUT2D eigenvalue weighted by Gasteiger charge is 2.27. The van der Waals surface area contributed by atoms with E-state index in [9.17, 15) is 4.79 Å². The number of rotatable bonds is 5. The number of hydrogen-bond acceptors (Lipinski definition) is 4. The molecule has 1 fully saturated rings. The van der Waals surface area contributed by atoms with Gasteiger partial charge in [0.25, 0.3) is 0 Å². The summed E-state index contributed by atoms with van der Waals surface area (Å²) in [7, 11) is 1.89. The van der Waals surface area contributed by atoms with Gasteiger partial charge in [0.1, 0.15) is 0 Å². The van der Waals surface area contributed by atoms with Gasteiger partial charge in [0, 0.05) is 37.7 Å². The van der Waals surface area contributed by atoms with E-state index in [-0.39, 0.29) is 12.5 Å². The molecule has 1 saturated heterocycles. The fourth-order valence-electron chi connectivity index (χ4n) is 2.47. The Kier molecular flexibility index (Phi) is 5.35. The van der Waals surface area contributed by atoms with Crippen LogP contribution in [0.4, 0.5) is 0 Å². The number of aryl methyl sites for hydroxylation is 2. The van der Waals surface area contributed by atoms with E-state index in [1.165, 1.54) is 0 Å². The van der Waals surface area contributed by atoms with Crippen molar-refractivity contribution >= 4 is 29.3 Å². The van der Waals surface area contributed by atoms with E-state index in [1.807, 2.05) is 30.4 Å². The van der Waals surface area contributed by atoms with Crippen molar-refractivity contribution in [3.8, 4) is 0 Å². The van der Waals surface area contributed by atoms with Crippen LogP contribution in [0.15, 0.2) is 0 Å². The van der Waals surface area contributed by atoms with Gasteiger partial charge >= 0.3 is 5.97 Å². The van der Waals surface area contributed by atoms with Gasteiger partial charge in [-0.05, 0) is 6.42 Å². The molecule has 1 unspecified atom stereocenters. The van der Waals surface area contributed by atoms with Crippen LogP contribution in [0.5, 0.6) is 0 Å². The average Bonchev–Trinajstić information content (AvgIpc) is 2.67. The molecule has 0 spiro atoms. The minimum atomic E-state index is -0.743. The summed E-state index contributed by atoms with van der Waals surface area (Å²) in [5.74, 6) is 1.15. The van der Waals surface area contributed by atoms with Crippen molar-refractivity contribution in [3.63, 3.8) is 0 Å². The van der Waals surface area contributed by atoms with Gasteiger partial charge in [0.05, 0.1) is 22.8 Å². The van der Waals surface area contributed by atoms with E-state index in [0.717, 1.165) is 40.9 Å². The predicted octanol–water partition coefficient (Wildman–Crippen LogP) is 2.03. The van der Waals surface area contributed by atoms with E-state index < -0.39 is 5.97 Å². The predicted molar refractivity (Wildman–Crippen MR) is 81.4 cm³/mol. The first kappa shape index (κ1) is 15.7. The Balaban J connectivity index is 2.14. The van der Waals surface area contributed by atoms with Gasteiger partial charge in [-0.1, -0.05) is 18.5 Å². The molecule has 2 heterocycles. The van der Waals surface area contributed by atoms with Crippen LogP contribution in [0.3, 0.4) is 0 Å². The molecule has 0 saturated carbocycles. The summed E-state index contributed by atoms with van der Waals surface area (Å²) in [5.41, 5.74) is 1.89. The van der Waals surface area contributed by atoms with Gasteiger partial charge in [-0.2, -0.15) is 16.9 Å². The Bertz CT molecular complexity index is 492. The van der Waals surface area contributed by atoms with Crippen LogP contribution in [0, 0.1) is 0 Å². The van der Waals surface area contributed by atoms with Crippen LogP contribution in [0.2, 0.25) is 5.02 Å². The highest BCUT2D eigenvalue weighted by atomic mass is 35.5. The lowest BCUT2D eigenvalue weighted by molar-refractivity contribution is -0.138. The summed E-state index contributed by atoms with van der Waals surface area (Å²) in [6, 6.07) is 0.0716. The molecule has 1 N–H and O–H groups in total. The molecule has 0 bridgehead atoms. The second kappa shape index (κ2) is 6.83. The average molecular weight is 318 g/mol. The second-order valence-corrected chi connectivity index (χ2v) is 6.51. The van der Waals surface area contributed by atoms with Crippen molar-refractivity contribution in [1.29, 1.82) is 0 Å². The fourth-order valence-corrected chi connectivity index (χ4v) is 3.96. The summed E-state index contributed by atoms with van der Waals surface area (Å²) in [6.45, 7) is 3.59. The van der Waals surface area contributed by atoms with Crippen LogP contribution in [-0.4, -0.2) is 49.8 Å². The van der Waals surface area contributed by atoms with E-state index >= 15 is 0 Å². The largest absolute Gasteiger partial charge is 0.481 e. The Morgan fingerprint density at radius 2 is 2.35 bits per heavy atom. The molecule has 1 aromatic heterocycles. The van der Waals surface area contributed by atoms with Gasteiger partial charge < -0.3 is 5.11 Å². The molecule has 1 aromatic rings. The Morgan fingerprint density at radius 1 is 1.60 bits per heavy atom. The summed E-state index contributed by atoms with van der Waals surface area (Å²) in [6.07, 6.45) is 0.990. The molecule has 112 valence electrons. The number of hydrogen-bond donors (Lipinski definition) is 1. The summed E-state index contributed by atoms with van der Waals surface area (Å²) in [4.78, 5) is 13.2. The summed E-state index contributed by atoms with van der Waals surface area (Å²) in [5, 5.41) is 14.2. The summed E-state index contributed by atoms with van der Waals surface area (Å²) >= 11 is 8.19. The second-order valence-electron chi connectivity index (χ2n) is 4.98. The van der Waals surface area contributed by atoms with Crippen molar-refractivity contribution in [2.45, 2.75) is 32.4 Å². The molecule has 0 amide bonds. The zero-order valence-electron chi connectivity index (χ0n) is 11.8. The highest BCUT2D eigenvalue weighted by molar-refractivity contribution is 7.99. The number of carboxylic acid groups (broad SMARTS) is 1. The standard InChI is InChI=1S/C13H20ClN3O2S/c1-3-10-13(14)11(16(2)15-10)7-17-4-5-20-8-9(17)6-12(18)19/h9H,3-8H2,1-2H3,(H,18,19). The number of nitrogens with zero attached hydrogens (tertiary/aromatic N) is 3. The molecule has 2 rings (SSSR count). The number of thioether (sulfide) groups is 1. The first-order valence-corrected chi connectivity index (χ1v) is 8.30. The maximum Gasteiger partial charge on any atom is 0.304 e. The first-order chi connectivity index (χ1) is 9.52. The summed E-state index contributed by atoms with van der Waals surface area (Å²) < 4.78 is 1.82. The monoisotopic (exact) mass is 317 g/mol. The quantitative estimate of drug-likeness (QED) is 0.900. The molecular weight excluding hydrogens is 298 g/mol. The third kappa shape index (κ3) is 3.48. The number of carboxylic acids is 1. The third-order valence-electron chi connectivity index (χ3n) is 3.62. The van der Waals surface area contributed by atoms with E-state index in [1.54, 1.807) is 0 Å². The topological polar surface area (TPSA) is 58.4 Å². The lowest BCUT2D eigenvalue weighted by atomic mass is 10.2. The van der Waals surface area contributed by atoms with Crippen LogP contribution < -0.4 is 0 Å². The van der Waals surface area contributed by atoms with Gasteiger partial charge in [-0.3, -0.25) is 14.4 Å². The van der Waals surface area contributed by atoms with Gasteiger partial charge in [-0.25, -0.2) is 0 Å². The van der Waals surface area contributed by atoms with Crippen LogP contribution in [0.25, 0.3) is 0 Å². The minimum absolute atomic E-state index is 0.0716. The van der Waals surface area contributed by atoms with E-state index in [4.69, 9.17) is 16.7 Å². The number of aromatic nitrogens is 2. The zero-order valence-corrected chi connectivity index (χ0v) is 13.4. The maximum absolute atomic E-state index is 11.0. The highest BCUT2D eigenvalue weighted by Crippen LogP contribution is 2.26. The molecule has 1 atom stereocenters. The zero-order chi connectivity index (χ0) is 14.7. The molecule has 0 aromatic carbocycles. The van der Waals surface area contributed by atoms with Crippen LogP contribution >= 0.6 is 23.4 Å². The van der Waals surface area contributed by atoms with Crippen molar-refractivity contribution in [1.82, 2.24) is 14.7 Å². The first-order valence-electron chi connectivity index (χ1n) is 6.76. The number of carbonyl (C=O) groups is 1. The molecular formula is C13H20ClN3O2S. The third-order valence-corrected chi connectivity index (χ3v) is 5.14. The van der Waals surface area contributed by atoms with Gasteiger partial charge in [-0.15, -0.1) is 0 Å². The van der Waals surface area contributed by atoms with Crippen molar-refractivity contribution in [2.24, 2.45) is 7.05 Å². The fraction of sp³-hybridized carbons (Fsp3) is 0.692. The smallest absolute Gasteiger partial charge is 0.304 e. The molecule has 5 nitrogen and oxygen atoms in total. The lowest BCUT2D eigenvalue weighted by Crippen LogP contribution is -2.43. The van der Waals surface area contributed by atoms with Crippen LogP contribution in [0.1, 0.15) is 24.7 Å². The van der Waals surface area contributed by atoms with Gasteiger partial charge in [0.2, 0.25) is 0 Å². The molecule has 20 heavy (non-hydrogen) atoms. The van der Waals surface area contributed by atoms with E-state index in [2.05, 4.69) is 10.00 Å². The normalized spacial score (nSPS) is 20.2. The van der Waals surface area contributed by atoms with Crippen molar-refractivity contribution in [2.75, 3.05) is 18.1 Å². The minimum Gasteiger partial charge on any atom is -0.481 e. The Labute approximate surface area is 128 Å². The van der Waals surface area contributed by atoms with Gasteiger partial charge in [0.15, 0.2) is 0 Å². The van der Waals surface area contributed by atoms with Crippen molar-refractivity contribution in [3.05, 3.63) is 16.4 Å².